The van der Waals surface area contributed by atoms with Gasteiger partial charge in [0.15, 0.2) is 0 Å². The van der Waals surface area contributed by atoms with Crippen LogP contribution in [-0.2, 0) is 4.79 Å². The molecule has 2 saturated heterocycles. The van der Waals surface area contributed by atoms with E-state index in [4.69, 9.17) is 4.74 Å². The van der Waals surface area contributed by atoms with Gasteiger partial charge in [-0.05, 0) is 50.5 Å². The van der Waals surface area contributed by atoms with Gasteiger partial charge in [-0.3, -0.25) is 14.5 Å². The highest BCUT2D eigenvalue weighted by atomic mass is 16.5. The Morgan fingerprint density at radius 3 is 2.27 bits per heavy atom. The number of carbonyl (C=O) groups is 2. The van der Waals surface area contributed by atoms with Crippen molar-refractivity contribution in [2.75, 3.05) is 52.4 Å². The summed E-state index contributed by atoms with van der Waals surface area (Å²) in [5.74, 6) is 1.07. The first-order valence-electron chi connectivity index (χ1n) is 9.69. The second-order valence-corrected chi connectivity index (χ2v) is 6.97. The molecule has 0 N–H and O–H groups in total. The van der Waals surface area contributed by atoms with Gasteiger partial charge in [0.05, 0.1) is 13.2 Å². The maximum atomic E-state index is 12.8. The molecule has 26 heavy (non-hydrogen) atoms. The van der Waals surface area contributed by atoms with Crippen molar-refractivity contribution in [1.29, 1.82) is 0 Å². The van der Waals surface area contributed by atoms with Crippen LogP contribution in [0.3, 0.4) is 0 Å². The minimum absolute atomic E-state index is 0.0563. The summed E-state index contributed by atoms with van der Waals surface area (Å²) in [5, 5.41) is 0. The van der Waals surface area contributed by atoms with Crippen LogP contribution in [-0.4, -0.2) is 78.9 Å². The minimum Gasteiger partial charge on any atom is -0.494 e. The number of ether oxygens (including phenoxy) is 1. The molecule has 0 unspecified atom stereocenters. The number of hydrogen-bond donors (Lipinski definition) is 0. The number of benzene rings is 1. The van der Waals surface area contributed by atoms with Crippen molar-refractivity contribution < 1.29 is 14.3 Å². The van der Waals surface area contributed by atoms with E-state index in [0.717, 1.165) is 57.7 Å². The Labute approximate surface area is 155 Å². The fraction of sp³-hybridized carbons (Fsp3) is 0.600. The molecule has 0 atom stereocenters. The Kier molecular flexibility index (Phi) is 6.50. The zero-order chi connectivity index (χ0) is 18.4. The molecule has 2 aliphatic rings. The number of hydrogen-bond acceptors (Lipinski definition) is 4. The highest BCUT2D eigenvalue weighted by molar-refractivity contribution is 5.94. The zero-order valence-electron chi connectivity index (χ0n) is 15.7. The van der Waals surface area contributed by atoms with E-state index in [1.165, 1.54) is 0 Å². The predicted octanol–water partition coefficient (Wildman–Crippen LogP) is 1.86. The van der Waals surface area contributed by atoms with Crippen LogP contribution in [0.2, 0.25) is 0 Å². The van der Waals surface area contributed by atoms with Crippen LogP contribution < -0.4 is 4.74 Å². The van der Waals surface area contributed by atoms with Crippen LogP contribution in [0, 0.1) is 0 Å². The van der Waals surface area contributed by atoms with Crippen molar-refractivity contribution in [3.8, 4) is 5.75 Å². The average molecular weight is 359 g/mol. The summed E-state index contributed by atoms with van der Waals surface area (Å²) in [6.45, 7) is 7.85. The maximum Gasteiger partial charge on any atom is 0.253 e. The van der Waals surface area contributed by atoms with Gasteiger partial charge >= 0.3 is 0 Å². The molecule has 0 aliphatic carbocycles. The number of amides is 2. The lowest BCUT2D eigenvalue weighted by molar-refractivity contribution is -0.131. The molecular formula is C20H29N3O3. The summed E-state index contributed by atoms with van der Waals surface area (Å²) in [6.07, 6.45) is 3.14. The SMILES string of the molecule is CCOc1ccc(C(=O)N2CCCN(CC(=O)N3CCCC3)CC2)cc1. The molecule has 142 valence electrons. The topological polar surface area (TPSA) is 53.1 Å². The van der Waals surface area contributed by atoms with E-state index in [1.807, 2.05) is 41.0 Å². The summed E-state index contributed by atoms with van der Waals surface area (Å²) < 4.78 is 5.43. The Morgan fingerprint density at radius 1 is 0.885 bits per heavy atom. The Bertz CT molecular complexity index is 611. The average Bonchev–Trinajstić information content (AvgIpc) is 3.10. The van der Waals surface area contributed by atoms with Gasteiger partial charge in [-0.2, -0.15) is 0 Å². The predicted molar refractivity (Wildman–Crippen MR) is 100 cm³/mol. The normalized spacial score (nSPS) is 18.7. The number of rotatable bonds is 5. The lowest BCUT2D eigenvalue weighted by Gasteiger charge is -2.24. The van der Waals surface area contributed by atoms with Crippen molar-refractivity contribution in [3.63, 3.8) is 0 Å². The molecule has 2 heterocycles. The van der Waals surface area contributed by atoms with Crippen molar-refractivity contribution in [2.45, 2.75) is 26.2 Å². The molecule has 0 saturated carbocycles. The van der Waals surface area contributed by atoms with E-state index in [1.54, 1.807) is 0 Å². The summed E-state index contributed by atoms with van der Waals surface area (Å²) in [7, 11) is 0. The standard InChI is InChI=1S/C20H29N3O3/c1-2-26-18-8-6-17(7-9-18)20(25)23-13-5-10-21(14-15-23)16-19(24)22-11-3-4-12-22/h6-9H,2-5,10-16H2,1H3. The quantitative estimate of drug-likeness (QED) is 0.805. The van der Waals surface area contributed by atoms with Gasteiger partial charge in [0.2, 0.25) is 5.91 Å². The summed E-state index contributed by atoms with van der Waals surface area (Å²) in [5.41, 5.74) is 0.690. The smallest absolute Gasteiger partial charge is 0.253 e. The van der Waals surface area contributed by atoms with Gasteiger partial charge in [0, 0.05) is 44.8 Å². The summed E-state index contributed by atoms with van der Waals surface area (Å²) in [6, 6.07) is 7.34. The third kappa shape index (κ3) is 4.75. The number of nitrogens with zero attached hydrogens (tertiary/aromatic N) is 3. The molecule has 2 fully saturated rings. The van der Waals surface area contributed by atoms with Crippen molar-refractivity contribution in [1.82, 2.24) is 14.7 Å². The summed E-state index contributed by atoms with van der Waals surface area (Å²) >= 11 is 0. The molecule has 0 radical (unpaired) electrons. The van der Waals surface area contributed by atoms with Crippen molar-refractivity contribution in [3.05, 3.63) is 29.8 Å². The third-order valence-electron chi connectivity index (χ3n) is 5.11. The lowest BCUT2D eigenvalue weighted by atomic mass is 10.2. The molecule has 0 bridgehead atoms. The van der Waals surface area contributed by atoms with Gasteiger partial charge < -0.3 is 14.5 Å². The highest BCUT2D eigenvalue weighted by Crippen LogP contribution is 2.15. The van der Waals surface area contributed by atoms with Crippen LogP contribution in [0.15, 0.2) is 24.3 Å². The molecule has 0 spiro atoms. The third-order valence-corrected chi connectivity index (χ3v) is 5.11. The van der Waals surface area contributed by atoms with Gasteiger partial charge in [-0.15, -0.1) is 0 Å². The first-order valence-corrected chi connectivity index (χ1v) is 9.69. The Balaban J connectivity index is 1.52. The Hall–Kier alpha value is -2.08. The Morgan fingerprint density at radius 2 is 1.58 bits per heavy atom. The zero-order valence-corrected chi connectivity index (χ0v) is 15.7. The van der Waals surface area contributed by atoms with Crippen LogP contribution >= 0.6 is 0 Å². The second kappa shape index (κ2) is 9.03. The molecular weight excluding hydrogens is 330 g/mol. The molecule has 0 aromatic heterocycles. The summed E-state index contributed by atoms with van der Waals surface area (Å²) in [4.78, 5) is 31.1. The van der Waals surface area contributed by atoms with Gasteiger partial charge in [-0.1, -0.05) is 0 Å². The van der Waals surface area contributed by atoms with E-state index in [0.29, 0.717) is 25.3 Å². The fourth-order valence-corrected chi connectivity index (χ4v) is 3.63. The monoisotopic (exact) mass is 359 g/mol. The minimum atomic E-state index is 0.0563. The van der Waals surface area contributed by atoms with Crippen LogP contribution in [0.5, 0.6) is 5.75 Å². The van der Waals surface area contributed by atoms with E-state index in [9.17, 15) is 9.59 Å². The largest absolute Gasteiger partial charge is 0.494 e. The molecule has 2 amide bonds. The fourth-order valence-electron chi connectivity index (χ4n) is 3.63. The van der Waals surface area contributed by atoms with Gasteiger partial charge in [-0.25, -0.2) is 0 Å². The first kappa shape index (κ1) is 18.7. The van der Waals surface area contributed by atoms with E-state index >= 15 is 0 Å². The lowest BCUT2D eigenvalue weighted by Crippen LogP contribution is -2.41. The van der Waals surface area contributed by atoms with Crippen LogP contribution in [0.4, 0.5) is 0 Å². The number of likely N-dealkylation sites (tertiary alicyclic amines) is 1. The van der Waals surface area contributed by atoms with E-state index in [2.05, 4.69) is 4.90 Å². The van der Waals surface area contributed by atoms with Crippen LogP contribution in [0.25, 0.3) is 0 Å². The molecule has 2 aliphatic heterocycles. The molecule has 3 rings (SSSR count). The maximum absolute atomic E-state index is 12.8. The first-order chi connectivity index (χ1) is 12.7. The van der Waals surface area contributed by atoms with Crippen molar-refractivity contribution in [2.24, 2.45) is 0 Å². The van der Waals surface area contributed by atoms with E-state index in [-0.39, 0.29) is 11.8 Å². The van der Waals surface area contributed by atoms with Crippen molar-refractivity contribution >= 4 is 11.8 Å². The second-order valence-electron chi connectivity index (χ2n) is 6.97. The molecule has 1 aromatic carbocycles. The van der Waals surface area contributed by atoms with Gasteiger partial charge in [0.1, 0.15) is 5.75 Å². The highest BCUT2D eigenvalue weighted by Gasteiger charge is 2.24. The number of carbonyl (C=O) groups excluding carboxylic acids is 2. The van der Waals surface area contributed by atoms with Crippen LogP contribution in [0.1, 0.15) is 36.5 Å². The molecule has 6 nitrogen and oxygen atoms in total. The van der Waals surface area contributed by atoms with Gasteiger partial charge in [0.25, 0.3) is 5.91 Å². The molecule has 6 heteroatoms. The van der Waals surface area contributed by atoms with E-state index < -0.39 is 0 Å². The molecule has 1 aromatic rings.